The molecular formula is C22H29N3O3. The Morgan fingerprint density at radius 3 is 2.14 bits per heavy atom. The second-order valence-corrected chi connectivity index (χ2v) is 6.98. The van der Waals surface area contributed by atoms with Gasteiger partial charge in [0.2, 0.25) is 11.8 Å². The van der Waals surface area contributed by atoms with Crippen molar-refractivity contribution in [2.75, 3.05) is 29.1 Å². The maximum atomic E-state index is 12.2. The number of carbonyl (C=O) groups excluding carboxylic acids is 2. The van der Waals surface area contributed by atoms with E-state index in [4.69, 9.17) is 4.74 Å². The quantitative estimate of drug-likeness (QED) is 0.564. The van der Waals surface area contributed by atoms with Crippen molar-refractivity contribution < 1.29 is 14.3 Å². The number of rotatable bonds is 10. The summed E-state index contributed by atoms with van der Waals surface area (Å²) in [5, 5.41) is 8.77. The number of carbonyl (C=O) groups is 2. The van der Waals surface area contributed by atoms with Crippen LogP contribution in [-0.2, 0) is 9.59 Å². The van der Waals surface area contributed by atoms with E-state index in [1.165, 1.54) is 0 Å². The van der Waals surface area contributed by atoms with E-state index in [9.17, 15) is 9.59 Å². The van der Waals surface area contributed by atoms with E-state index in [1.54, 1.807) is 24.3 Å². The van der Waals surface area contributed by atoms with E-state index in [0.29, 0.717) is 30.3 Å². The Kier molecular flexibility index (Phi) is 8.34. The molecule has 0 radical (unpaired) electrons. The zero-order valence-corrected chi connectivity index (χ0v) is 16.7. The molecule has 2 aromatic carbocycles. The number of hydrogen-bond acceptors (Lipinski definition) is 4. The van der Waals surface area contributed by atoms with E-state index in [-0.39, 0.29) is 18.4 Å². The van der Waals surface area contributed by atoms with Gasteiger partial charge in [0, 0.05) is 17.8 Å². The number of para-hydroxylation sites is 2. The minimum Gasteiger partial charge on any atom is -0.491 e. The van der Waals surface area contributed by atoms with E-state index < -0.39 is 0 Å². The first kappa shape index (κ1) is 21.3. The highest BCUT2D eigenvalue weighted by atomic mass is 16.5. The molecule has 6 nitrogen and oxygen atoms in total. The fourth-order valence-electron chi connectivity index (χ4n) is 2.46. The highest BCUT2D eigenvalue weighted by Gasteiger charge is 2.07. The lowest BCUT2D eigenvalue weighted by Crippen LogP contribution is -2.22. The van der Waals surface area contributed by atoms with Gasteiger partial charge in [0.05, 0.1) is 18.8 Å². The van der Waals surface area contributed by atoms with Crippen LogP contribution in [0, 0.1) is 5.92 Å². The van der Waals surface area contributed by atoms with Crippen molar-refractivity contribution in [3.8, 4) is 5.75 Å². The summed E-state index contributed by atoms with van der Waals surface area (Å²) in [6.07, 6.45) is 1.30. The minimum atomic E-state index is -0.165. The lowest BCUT2D eigenvalue weighted by molar-refractivity contribution is -0.116. The first-order valence-corrected chi connectivity index (χ1v) is 9.63. The molecule has 0 atom stereocenters. The summed E-state index contributed by atoms with van der Waals surface area (Å²) < 4.78 is 5.78. The van der Waals surface area contributed by atoms with Crippen LogP contribution in [0.1, 0.15) is 33.6 Å². The van der Waals surface area contributed by atoms with Crippen molar-refractivity contribution in [1.82, 2.24) is 0 Å². The van der Waals surface area contributed by atoms with Crippen molar-refractivity contribution in [3.05, 3.63) is 48.5 Å². The summed E-state index contributed by atoms with van der Waals surface area (Å²) in [5.74, 6) is 0.977. The van der Waals surface area contributed by atoms with Crippen LogP contribution in [0.2, 0.25) is 0 Å². The molecule has 3 N–H and O–H groups in total. The van der Waals surface area contributed by atoms with Crippen molar-refractivity contribution in [1.29, 1.82) is 0 Å². The van der Waals surface area contributed by atoms with Gasteiger partial charge in [-0.05, 0) is 48.7 Å². The Hall–Kier alpha value is -3.02. The molecule has 2 aromatic rings. The van der Waals surface area contributed by atoms with E-state index in [2.05, 4.69) is 29.8 Å². The summed E-state index contributed by atoms with van der Waals surface area (Å²) in [5.41, 5.74) is 2.17. The van der Waals surface area contributed by atoms with Crippen LogP contribution in [0.4, 0.5) is 17.1 Å². The van der Waals surface area contributed by atoms with Gasteiger partial charge in [0.25, 0.3) is 0 Å². The molecular weight excluding hydrogens is 354 g/mol. The molecule has 0 fully saturated rings. The standard InChI is InChI=1S/C22H29N3O3/c1-4-7-21(26)24-17-10-12-18(13-11-17)25-22(27)14-23-19-8-5-6-9-20(19)28-15-16(2)3/h5-6,8-13,16,23H,4,7,14-15H2,1-3H3,(H,24,26)(H,25,27). The zero-order valence-electron chi connectivity index (χ0n) is 16.7. The SMILES string of the molecule is CCCC(=O)Nc1ccc(NC(=O)CNc2ccccc2OCC(C)C)cc1. The molecule has 0 saturated heterocycles. The van der Waals surface area contributed by atoms with Crippen LogP contribution >= 0.6 is 0 Å². The van der Waals surface area contributed by atoms with Gasteiger partial charge in [0.1, 0.15) is 5.75 Å². The summed E-state index contributed by atoms with van der Waals surface area (Å²) in [6.45, 7) is 6.87. The molecule has 0 aliphatic heterocycles. The third kappa shape index (κ3) is 7.31. The van der Waals surface area contributed by atoms with Gasteiger partial charge < -0.3 is 20.7 Å². The second-order valence-electron chi connectivity index (χ2n) is 6.98. The maximum Gasteiger partial charge on any atom is 0.243 e. The Morgan fingerprint density at radius 2 is 1.54 bits per heavy atom. The second kappa shape index (κ2) is 11.0. The lowest BCUT2D eigenvalue weighted by atomic mass is 10.2. The first-order chi connectivity index (χ1) is 13.5. The minimum absolute atomic E-state index is 0.0122. The van der Waals surface area contributed by atoms with Gasteiger partial charge in [0.15, 0.2) is 0 Å². The maximum absolute atomic E-state index is 12.2. The average Bonchev–Trinajstić information content (AvgIpc) is 2.67. The number of ether oxygens (including phenoxy) is 1. The van der Waals surface area contributed by atoms with E-state index >= 15 is 0 Å². The number of nitrogens with one attached hydrogen (secondary N) is 3. The van der Waals surface area contributed by atoms with Crippen LogP contribution in [0.15, 0.2) is 48.5 Å². The average molecular weight is 383 g/mol. The Morgan fingerprint density at radius 1 is 0.929 bits per heavy atom. The molecule has 0 spiro atoms. The topological polar surface area (TPSA) is 79.5 Å². The van der Waals surface area contributed by atoms with Crippen LogP contribution < -0.4 is 20.7 Å². The van der Waals surface area contributed by atoms with Crippen molar-refractivity contribution in [2.24, 2.45) is 5.92 Å². The molecule has 2 amide bonds. The molecule has 0 unspecified atom stereocenters. The van der Waals surface area contributed by atoms with Gasteiger partial charge in [-0.25, -0.2) is 0 Å². The smallest absolute Gasteiger partial charge is 0.243 e. The van der Waals surface area contributed by atoms with Crippen LogP contribution in [0.3, 0.4) is 0 Å². The zero-order chi connectivity index (χ0) is 20.4. The molecule has 28 heavy (non-hydrogen) atoms. The molecule has 0 aromatic heterocycles. The molecule has 0 saturated carbocycles. The van der Waals surface area contributed by atoms with Gasteiger partial charge in [-0.1, -0.05) is 32.9 Å². The molecule has 0 aliphatic rings. The molecule has 0 aliphatic carbocycles. The fraction of sp³-hybridized carbons (Fsp3) is 0.364. The highest BCUT2D eigenvalue weighted by molar-refractivity contribution is 5.95. The summed E-state index contributed by atoms with van der Waals surface area (Å²) in [6, 6.07) is 14.6. The van der Waals surface area contributed by atoms with Crippen molar-refractivity contribution >= 4 is 28.9 Å². The van der Waals surface area contributed by atoms with Crippen molar-refractivity contribution in [2.45, 2.75) is 33.6 Å². The Balaban J connectivity index is 1.85. The normalized spacial score (nSPS) is 10.4. The number of benzene rings is 2. The van der Waals surface area contributed by atoms with Gasteiger partial charge in [-0.15, -0.1) is 0 Å². The molecule has 6 heteroatoms. The highest BCUT2D eigenvalue weighted by Crippen LogP contribution is 2.24. The molecule has 0 heterocycles. The number of amides is 2. The van der Waals surface area contributed by atoms with Crippen molar-refractivity contribution in [3.63, 3.8) is 0 Å². The molecule has 0 bridgehead atoms. The monoisotopic (exact) mass is 383 g/mol. The Bertz CT molecular complexity index is 773. The van der Waals surface area contributed by atoms with E-state index in [0.717, 1.165) is 17.9 Å². The Labute approximate surface area is 166 Å². The summed E-state index contributed by atoms with van der Waals surface area (Å²) >= 11 is 0. The third-order valence-electron chi connectivity index (χ3n) is 3.83. The number of hydrogen-bond donors (Lipinski definition) is 3. The molecule has 2 rings (SSSR count). The van der Waals surface area contributed by atoms with Crippen LogP contribution in [-0.4, -0.2) is 25.0 Å². The number of anilines is 3. The fourth-order valence-corrected chi connectivity index (χ4v) is 2.46. The molecule has 150 valence electrons. The third-order valence-corrected chi connectivity index (χ3v) is 3.83. The first-order valence-electron chi connectivity index (χ1n) is 9.63. The largest absolute Gasteiger partial charge is 0.491 e. The van der Waals surface area contributed by atoms with Gasteiger partial charge >= 0.3 is 0 Å². The predicted molar refractivity (Wildman–Crippen MR) is 114 cm³/mol. The van der Waals surface area contributed by atoms with Gasteiger partial charge in [-0.2, -0.15) is 0 Å². The summed E-state index contributed by atoms with van der Waals surface area (Å²) in [4.78, 5) is 23.8. The van der Waals surface area contributed by atoms with E-state index in [1.807, 2.05) is 31.2 Å². The predicted octanol–water partition coefficient (Wildman–Crippen LogP) is 4.51. The van der Waals surface area contributed by atoms with Crippen LogP contribution in [0.25, 0.3) is 0 Å². The van der Waals surface area contributed by atoms with Gasteiger partial charge in [-0.3, -0.25) is 9.59 Å². The summed E-state index contributed by atoms with van der Waals surface area (Å²) in [7, 11) is 0. The van der Waals surface area contributed by atoms with Crippen LogP contribution in [0.5, 0.6) is 5.75 Å². The lowest BCUT2D eigenvalue weighted by Gasteiger charge is -2.14.